The molecule has 0 aliphatic carbocycles. The Morgan fingerprint density at radius 1 is 0.155 bits per heavy atom. The molecule has 0 aromatic heterocycles. The summed E-state index contributed by atoms with van der Waals surface area (Å²) in [4.78, 5) is 15.8. The van der Waals surface area contributed by atoms with Crippen LogP contribution in [0, 0.1) is 0 Å². The molecule has 20 aromatic rings. The number of benzene rings is 20. The first-order valence-corrected chi connectivity index (χ1v) is 52.5. The van der Waals surface area contributed by atoms with Gasteiger partial charge < -0.3 is 29.4 Å². The summed E-state index contributed by atoms with van der Waals surface area (Å²) in [6.07, 6.45) is 0. The van der Waals surface area contributed by atoms with E-state index in [1.807, 2.05) is 0 Å². The Labute approximate surface area is 875 Å². The summed E-state index contributed by atoms with van der Waals surface area (Å²) in [5.74, 6) is 0. The average Bonchev–Trinajstić information content (AvgIpc) is 0.689. The zero-order valence-corrected chi connectivity index (χ0v) is 87.3. The second kappa shape index (κ2) is 36.8. The molecule has 0 spiro atoms. The van der Waals surface area contributed by atoms with Gasteiger partial charge in [0, 0.05) is 102 Å². The fraction of sp³-hybridized carbons (Fsp3) is 0.143. The van der Waals surface area contributed by atoms with Gasteiger partial charge in [-0.3, -0.25) is 0 Å². The van der Waals surface area contributed by atoms with E-state index in [0.717, 1.165) is 180 Å². The maximum absolute atomic E-state index is 2.71. The fourth-order valence-electron chi connectivity index (χ4n) is 23.3. The van der Waals surface area contributed by atoms with Crippen LogP contribution in [0.25, 0.3) is 77.9 Å². The van der Waals surface area contributed by atoms with E-state index in [0.29, 0.717) is 0 Å². The molecular formula is C140H122B2N6. The van der Waals surface area contributed by atoms with Gasteiger partial charge in [0.25, 0.3) is 13.4 Å². The van der Waals surface area contributed by atoms with Crippen molar-refractivity contribution in [1.29, 1.82) is 0 Å². The third-order valence-electron chi connectivity index (χ3n) is 30.9. The molecule has 0 amide bonds. The Kier molecular flexibility index (Phi) is 23.3. The molecule has 4 heterocycles. The number of nitrogens with zero attached hydrogens (tertiary/aromatic N) is 6. The Hall–Kier alpha value is -16.7. The van der Waals surface area contributed by atoms with E-state index in [4.69, 9.17) is 0 Å². The number of anilines is 18. The standard InChI is InChI=1S/C140H122B2N6/c1-136(2,3)101-71-76-108(77-72-101)143(106-59-36-22-37-60-106)110-89-128-133-130(91-110)147(135-116(97-54-32-20-33-55-97)85-105(140(13,14)15)86-117(135)98-56-34-21-35-57-98)125-80-70-100(83-121(125)142(133)118-67-41-43-69-124(118)145(128)123-81-75-102(137(4,5)6)84-115(123)96-52-30-19-31-53-96)99-58-44-63-109(82-99)144(107-61-38-23-39-62-107)111-90-129-132-131(92-111)148(134-113(94-48-26-17-27-49-94)65-45-66-114(134)95-50-28-18-29-51-95)127-88-104(139(10,11)12)74-79-120(127)141(132)119-78-73-103(138(7,8)9)87-126(119)146(129)122-68-42-40-64-112(122)93-46-24-16-25-47-93/h16-92H,1-15H3. The molecule has 148 heavy (non-hydrogen) atoms. The summed E-state index contributed by atoms with van der Waals surface area (Å²) in [5, 5.41) is 0. The van der Waals surface area contributed by atoms with Crippen molar-refractivity contribution in [3.8, 4) is 77.9 Å². The average molecular weight is 1910 g/mol. The number of rotatable bonds is 17. The molecule has 4 aliphatic heterocycles. The number of hydrogen-bond donors (Lipinski definition) is 0. The predicted molar refractivity (Wildman–Crippen MR) is 635 cm³/mol. The first-order chi connectivity index (χ1) is 71.6. The third kappa shape index (κ3) is 16.7. The largest absolute Gasteiger partial charge is 0.311 e. The topological polar surface area (TPSA) is 19.4 Å². The first-order valence-electron chi connectivity index (χ1n) is 52.5. The number of hydrogen-bond acceptors (Lipinski definition) is 6. The van der Waals surface area contributed by atoms with Gasteiger partial charge >= 0.3 is 0 Å². The third-order valence-corrected chi connectivity index (χ3v) is 30.9. The molecule has 0 radical (unpaired) electrons. The minimum atomic E-state index is -0.320. The van der Waals surface area contributed by atoms with Gasteiger partial charge in [-0.2, -0.15) is 0 Å². The van der Waals surface area contributed by atoms with Crippen molar-refractivity contribution in [3.63, 3.8) is 0 Å². The highest BCUT2D eigenvalue weighted by Gasteiger charge is 2.49. The molecule has 6 nitrogen and oxygen atoms in total. The monoisotopic (exact) mass is 1910 g/mol. The number of fused-ring (bicyclic) bond motifs is 8. The van der Waals surface area contributed by atoms with E-state index >= 15 is 0 Å². The zero-order valence-electron chi connectivity index (χ0n) is 87.3. The summed E-state index contributed by atoms with van der Waals surface area (Å²) in [7, 11) is 0. The lowest BCUT2D eigenvalue weighted by Crippen LogP contribution is -2.61. The van der Waals surface area contributed by atoms with Crippen LogP contribution in [-0.2, 0) is 27.1 Å². The lowest BCUT2D eigenvalue weighted by Gasteiger charge is -2.46. The van der Waals surface area contributed by atoms with Gasteiger partial charge in [0.15, 0.2) is 0 Å². The van der Waals surface area contributed by atoms with E-state index in [1.165, 1.54) is 60.6 Å². The van der Waals surface area contributed by atoms with Crippen LogP contribution in [0.4, 0.5) is 102 Å². The van der Waals surface area contributed by atoms with Crippen molar-refractivity contribution < 1.29 is 0 Å². The van der Waals surface area contributed by atoms with E-state index in [9.17, 15) is 0 Å². The SMILES string of the molecule is CC(C)(C)c1ccc(N(c2ccccc2)c2cc3c4c(c2)N(c2c(-c5ccccc5)cc(C(C)(C)C)cc2-c2ccccc2)c2ccc(-c5cccc(N(c6ccccc6)c6cc7c8c(c6)N(c6c(-c9ccccc9)cccc6-c6ccccc6)c6cc(C(C)(C)C)ccc6B8c6ccc(C(C)(C)C)cc6N7c6ccccc6-c6ccccc6)c5)cc2B4c2ccccc2N3c2ccc(C(C)(C)C)cc2-c2ccccc2)cc1. The highest BCUT2D eigenvalue weighted by atomic mass is 15.2. The molecule has 0 unspecified atom stereocenters. The van der Waals surface area contributed by atoms with E-state index in [-0.39, 0.29) is 40.5 Å². The number of para-hydroxylation sites is 5. The molecule has 20 aromatic carbocycles. The molecule has 24 rings (SSSR count). The molecule has 0 fully saturated rings. The minimum Gasteiger partial charge on any atom is -0.311 e. The Morgan fingerprint density at radius 3 is 0.926 bits per heavy atom. The maximum Gasteiger partial charge on any atom is 0.252 e. The van der Waals surface area contributed by atoms with E-state index < -0.39 is 0 Å². The van der Waals surface area contributed by atoms with E-state index in [1.54, 1.807) is 0 Å². The Bertz CT molecular complexity index is 8350. The van der Waals surface area contributed by atoms with Crippen molar-refractivity contribution in [2.45, 2.75) is 131 Å². The van der Waals surface area contributed by atoms with Gasteiger partial charge in [-0.05, 0) is 260 Å². The van der Waals surface area contributed by atoms with Crippen molar-refractivity contribution >= 4 is 149 Å². The lowest BCUT2D eigenvalue weighted by atomic mass is 9.33. The molecular weight excluding hydrogens is 1790 g/mol. The van der Waals surface area contributed by atoms with E-state index in [2.05, 4.69) is 600 Å². The lowest BCUT2D eigenvalue weighted by molar-refractivity contribution is 0.590. The predicted octanol–water partition coefficient (Wildman–Crippen LogP) is 34.9. The van der Waals surface area contributed by atoms with Gasteiger partial charge in [-0.15, -0.1) is 0 Å². The summed E-state index contributed by atoms with van der Waals surface area (Å²) in [6.45, 7) is 34.7. The highest BCUT2D eigenvalue weighted by Crippen LogP contribution is 2.59. The smallest absolute Gasteiger partial charge is 0.252 e. The van der Waals surface area contributed by atoms with Gasteiger partial charge in [0.2, 0.25) is 0 Å². The molecule has 0 saturated carbocycles. The van der Waals surface area contributed by atoms with Crippen LogP contribution >= 0.6 is 0 Å². The summed E-state index contributed by atoms with van der Waals surface area (Å²) < 4.78 is 0. The van der Waals surface area contributed by atoms with Crippen molar-refractivity contribution in [3.05, 3.63) is 495 Å². The fourth-order valence-corrected chi connectivity index (χ4v) is 23.3. The van der Waals surface area contributed by atoms with Crippen molar-refractivity contribution in [2.75, 3.05) is 29.4 Å². The molecule has 0 bridgehead atoms. The quantitative estimate of drug-likeness (QED) is 0.0841. The van der Waals surface area contributed by atoms with Crippen molar-refractivity contribution in [1.82, 2.24) is 0 Å². The molecule has 4 aliphatic rings. The van der Waals surface area contributed by atoms with Gasteiger partial charge in [-0.25, -0.2) is 0 Å². The summed E-state index contributed by atoms with van der Waals surface area (Å²) in [6, 6.07) is 178. The Balaban J connectivity index is 0.796. The second-order valence-corrected chi connectivity index (χ2v) is 45.6. The second-order valence-electron chi connectivity index (χ2n) is 45.6. The minimum absolute atomic E-state index is 0.0856. The highest BCUT2D eigenvalue weighted by molar-refractivity contribution is 7.01. The molecule has 8 heteroatoms. The van der Waals surface area contributed by atoms with Gasteiger partial charge in [0.1, 0.15) is 0 Å². The molecule has 0 saturated heterocycles. The molecule has 718 valence electrons. The van der Waals surface area contributed by atoms with Crippen LogP contribution < -0.4 is 62.2 Å². The zero-order chi connectivity index (χ0) is 101. The summed E-state index contributed by atoms with van der Waals surface area (Å²) in [5.41, 5.74) is 47.9. The normalized spacial score (nSPS) is 13.0. The van der Waals surface area contributed by atoms with Crippen LogP contribution in [-0.4, -0.2) is 13.4 Å². The van der Waals surface area contributed by atoms with Crippen LogP contribution in [0.2, 0.25) is 0 Å². The first kappa shape index (κ1) is 93.7. The van der Waals surface area contributed by atoms with Gasteiger partial charge in [-0.1, -0.05) is 444 Å². The van der Waals surface area contributed by atoms with Crippen LogP contribution in [0.5, 0.6) is 0 Å². The summed E-state index contributed by atoms with van der Waals surface area (Å²) >= 11 is 0. The molecule has 0 N–H and O–H groups in total. The Morgan fingerprint density at radius 2 is 0.446 bits per heavy atom. The maximum atomic E-state index is 2.71. The van der Waals surface area contributed by atoms with Gasteiger partial charge in [0.05, 0.1) is 34.1 Å². The molecule has 0 atom stereocenters. The van der Waals surface area contributed by atoms with Crippen LogP contribution in [0.15, 0.2) is 467 Å². The van der Waals surface area contributed by atoms with Crippen molar-refractivity contribution in [2.24, 2.45) is 0 Å². The van der Waals surface area contributed by atoms with Crippen LogP contribution in [0.3, 0.4) is 0 Å². The van der Waals surface area contributed by atoms with Crippen LogP contribution in [0.1, 0.15) is 132 Å².